The van der Waals surface area contributed by atoms with Crippen molar-refractivity contribution in [2.24, 2.45) is 0 Å². The number of aryl methyl sites for hydroxylation is 1. The van der Waals surface area contributed by atoms with Gasteiger partial charge in [0.2, 0.25) is 16.8 Å². The maximum absolute atomic E-state index is 13.9. The van der Waals surface area contributed by atoms with Crippen molar-refractivity contribution in [2.45, 2.75) is 37.5 Å². The second-order valence-electron chi connectivity index (χ2n) is 7.70. The summed E-state index contributed by atoms with van der Waals surface area (Å²) in [7, 11) is -3.26. The number of imidazole rings is 1. The van der Waals surface area contributed by atoms with Crippen LogP contribution in [-0.4, -0.2) is 46.5 Å². The monoisotopic (exact) mass is 574 g/mol. The molecule has 3 heterocycles. The average Bonchev–Trinajstić information content (AvgIpc) is 3.42. The van der Waals surface area contributed by atoms with Crippen LogP contribution < -0.4 is 19.9 Å². The first kappa shape index (κ1) is 21.6. The summed E-state index contributed by atoms with van der Waals surface area (Å²) in [5, 5.41) is -0.276. The molecule has 170 valence electrons. The summed E-state index contributed by atoms with van der Waals surface area (Å²) >= 11 is 2.22. The highest BCUT2D eigenvalue weighted by Gasteiger charge is 2.35. The molecule has 10 nitrogen and oxygen atoms in total. The summed E-state index contributed by atoms with van der Waals surface area (Å²) in [5.74, 6) is 1.92. The third kappa shape index (κ3) is 4.20. The number of aromatic nitrogens is 4. The van der Waals surface area contributed by atoms with Gasteiger partial charge in [-0.15, -0.1) is 0 Å². The fourth-order valence-corrected chi connectivity index (χ4v) is 5.67. The van der Waals surface area contributed by atoms with Crippen LogP contribution in [0.15, 0.2) is 12.1 Å². The number of nitrogen functional groups attached to an aromatic ring is 1. The first-order valence-corrected chi connectivity index (χ1v) is 12.7. The maximum atomic E-state index is 13.9. The van der Waals surface area contributed by atoms with Crippen molar-refractivity contribution in [1.82, 2.24) is 24.2 Å². The predicted molar refractivity (Wildman–Crippen MR) is 122 cm³/mol. The molecule has 2 aromatic heterocycles. The van der Waals surface area contributed by atoms with Gasteiger partial charge in [-0.1, -0.05) is 0 Å². The van der Waals surface area contributed by atoms with Crippen molar-refractivity contribution in [3.05, 3.63) is 33.2 Å². The van der Waals surface area contributed by atoms with Gasteiger partial charge in [-0.3, -0.25) is 0 Å². The lowest BCUT2D eigenvalue weighted by atomic mass is 10.1. The Morgan fingerprint density at radius 2 is 1.97 bits per heavy atom. The molecule has 0 radical (unpaired) electrons. The average molecular weight is 574 g/mol. The van der Waals surface area contributed by atoms with Gasteiger partial charge >= 0.3 is 6.08 Å². The summed E-state index contributed by atoms with van der Waals surface area (Å²) in [6, 6.07) is 3.79. The highest BCUT2D eigenvalue weighted by molar-refractivity contribution is 14.1. The molecular formula is C19H20FIN6O4S. The number of nitrogens with zero attached hydrogens (tertiary/aromatic N) is 4. The zero-order valence-corrected chi connectivity index (χ0v) is 19.8. The van der Waals surface area contributed by atoms with E-state index in [1.165, 1.54) is 0 Å². The molecule has 5 rings (SSSR count). The molecule has 0 saturated heterocycles. The van der Waals surface area contributed by atoms with Crippen molar-refractivity contribution < 1.29 is 22.3 Å². The fraction of sp³-hybridized carbons (Fsp3) is 0.421. The standard InChI is InChI=1S/C19H20FIN6O4S/c20-19-25-17(22)16-18(26-19)27(5-1-4-23-32(28,29)11-2-3-11)15(24-16)7-10-6-13-14(8-12(10)21)31-9-30-13/h6,8,11,23H,1-5,7,9H2,(H2,22,25,26). The molecule has 13 heteroatoms. The number of ether oxygens (including phenoxy) is 2. The van der Waals surface area contributed by atoms with Gasteiger partial charge in [-0.05, 0) is 59.5 Å². The van der Waals surface area contributed by atoms with E-state index < -0.39 is 16.1 Å². The predicted octanol–water partition coefficient (Wildman–Crippen LogP) is 1.94. The summed E-state index contributed by atoms with van der Waals surface area (Å²) in [5.41, 5.74) is 7.44. The number of sulfonamides is 1. The van der Waals surface area contributed by atoms with Crippen LogP contribution in [0, 0.1) is 9.65 Å². The van der Waals surface area contributed by atoms with Gasteiger partial charge in [0.25, 0.3) is 0 Å². The number of rotatable bonds is 8. The van der Waals surface area contributed by atoms with E-state index in [4.69, 9.17) is 15.2 Å². The zero-order chi connectivity index (χ0) is 22.5. The largest absolute Gasteiger partial charge is 0.454 e. The third-order valence-electron chi connectivity index (χ3n) is 5.39. The van der Waals surface area contributed by atoms with Gasteiger partial charge in [0, 0.05) is 23.1 Å². The van der Waals surface area contributed by atoms with Crippen LogP contribution in [0.25, 0.3) is 11.2 Å². The highest BCUT2D eigenvalue weighted by Crippen LogP contribution is 2.36. The smallest absolute Gasteiger partial charge is 0.312 e. The van der Waals surface area contributed by atoms with Gasteiger partial charge in [0.1, 0.15) is 5.82 Å². The number of benzene rings is 1. The summed E-state index contributed by atoms with van der Waals surface area (Å²) in [6.45, 7) is 0.828. The summed E-state index contributed by atoms with van der Waals surface area (Å²) in [4.78, 5) is 12.1. The number of fused-ring (bicyclic) bond motifs is 2. The van der Waals surface area contributed by atoms with Crippen LogP contribution in [0.1, 0.15) is 30.7 Å². The normalized spacial score (nSPS) is 15.6. The fourth-order valence-electron chi connectivity index (χ4n) is 3.62. The molecule has 32 heavy (non-hydrogen) atoms. The quantitative estimate of drug-likeness (QED) is 0.237. The molecule has 2 aliphatic rings. The number of anilines is 1. The number of hydrogen-bond acceptors (Lipinski definition) is 8. The second kappa shape index (κ2) is 8.26. The van der Waals surface area contributed by atoms with Gasteiger partial charge < -0.3 is 19.8 Å². The lowest BCUT2D eigenvalue weighted by Gasteiger charge is -2.11. The lowest BCUT2D eigenvalue weighted by Crippen LogP contribution is -2.28. The molecule has 0 atom stereocenters. The topological polar surface area (TPSA) is 134 Å². The minimum Gasteiger partial charge on any atom is -0.454 e. The van der Waals surface area contributed by atoms with Crippen molar-refractivity contribution in [3.8, 4) is 11.5 Å². The van der Waals surface area contributed by atoms with E-state index in [9.17, 15) is 12.8 Å². The van der Waals surface area contributed by atoms with E-state index >= 15 is 0 Å². The van der Waals surface area contributed by atoms with Crippen molar-refractivity contribution >= 4 is 49.6 Å². The number of halogens is 2. The van der Waals surface area contributed by atoms with Gasteiger partial charge in [0.15, 0.2) is 28.5 Å². The Balaban J connectivity index is 1.43. The number of nitrogens with two attached hydrogens (primary N) is 1. The number of nitrogens with one attached hydrogen (secondary N) is 1. The molecular weight excluding hydrogens is 554 g/mol. The van der Waals surface area contributed by atoms with Crippen LogP contribution in [0.2, 0.25) is 0 Å². The Hall–Kier alpha value is -2.26. The van der Waals surface area contributed by atoms with Crippen LogP contribution in [0.4, 0.5) is 10.2 Å². The van der Waals surface area contributed by atoms with Crippen LogP contribution in [0.5, 0.6) is 11.5 Å². The van der Waals surface area contributed by atoms with Crippen molar-refractivity contribution in [3.63, 3.8) is 0 Å². The first-order chi connectivity index (χ1) is 15.3. The molecule has 0 spiro atoms. The summed E-state index contributed by atoms with van der Waals surface area (Å²) < 4.78 is 54.3. The van der Waals surface area contributed by atoms with E-state index in [2.05, 4.69) is 42.3 Å². The van der Waals surface area contributed by atoms with Gasteiger partial charge in [-0.2, -0.15) is 14.4 Å². The van der Waals surface area contributed by atoms with Crippen LogP contribution in [0.3, 0.4) is 0 Å². The SMILES string of the molecule is Nc1nc(F)nc2c1nc(Cc1cc3c(cc1I)OCO3)n2CCCNS(=O)(=O)C1CC1. The molecule has 3 aromatic rings. The summed E-state index contributed by atoms with van der Waals surface area (Å²) in [6.07, 6.45) is 1.37. The van der Waals surface area contributed by atoms with E-state index in [1.807, 2.05) is 12.1 Å². The van der Waals surface area contributed by atoms with E-state index in [-0.39, 0.29) is 30.1 Å². The van der Waals surface area contributed by atoms with E-state index in [1.54, 1.807) is 4.57 Å². The van der Waals surface area contributed by atoms with Gasteiger partial charge in [0.05, 0.1) is 5.25 Å². The zero-order valence-electron chi connectivity index (χ0n) is 16.8. The Kier molecular flexibility index (Phi) is 5.57. The van der Waals surface area contributed by atoms with Crippen molar-refractivity contribution in [1.29, 1.82) is 0 Å². The molecule has 0 bridgehead atoms. The Morgan fingerprint density at radius 1 is 1.22 bits per heavy atom. The Morgan fingerprint density at radius 3 is 2.72 bits per heavy atom. The lowest BCUT2D eigenvalue weighted by molar-refractivity contribution is 0.174. The molecule has 1 saturated carbocycles. The molecule has 1 aromatic carbocycles. The minimum atomic E-state index is -3.26. The highest BCUT2D eigenvalue weighted by atomic mass is 127. The van der Waals surface area contributed by atoms with Gasteiger partial charge in [-0.25, -0.2) is 18.1 Å². The van der Waals surface area contributed by atoms with E-state index in [0.717, 1.165) is 9.13 Å². The minimum absolute atomic E-state index is 0.0395. The second-order valence-corrected chi connectivity index (χ2v) is 10.9. The molecule has 0 unspecified atom stereocenters. The number of hydrogen-bond donors (Lipinski definition) is 2. The Labute approximate surface area is 196 Å². The molecule has 0 amide bonds. The Bertz CT molecular complexity index is 1310. The first-order valence-electron chi connectivity index (χ1n) is 10.1. The van der Waals surface area contributed by atoms with E-state index in [0.29, 0.717) is 55.1 Å². The molecule has 1 aliphatic heterocycles. The van der Waals surface area contributed by atoms with Crippen molar-refractivity contribution in [2.75, 3.05) is 19.1 Å². The van der Waals surface area contributed by atoms with Crippen LogP contribution in [-0.2, 0) is 23.0 Å². The molecule has 3 N–H and O–H groups in total. The van der Waals surface area contributed by atoms with Crippen LogP contribution >= 0.6 is 22.6 Å². The maximum Gasteiger partial charge on any atom is 0.312 e. The molecule has 1 aliphatic carbocycles. The molecule has 1 fully saturated rings. The third-order valence-corrected chi connectivity index (χ3v) is 8.35.